The number of hydrogen-bond donors (Lipinski definition) is 1. The molecule has 0 unspecified atom stereocenters. The van der Waals surface area contributed by atoms with Gasteiger partial charge in [-0.3, -0.25) is 4.79 Å². The monoisotopic (exact) mass is 458 g/mol. The number of rotatable bonds is 12. The molecule has 0 heterocycles. The summed E-state index contributed by atoms with van der Waals surface area (Å²) in [6.45, 7) is 3.75. The summed E-state index contributed by atoms with van der Waals surface area (Å²) in [5.41, 5.74) is 1.46. The van der Waals surface area contributed by atoms with E-state index in [1.54, 1.807) is 40.7 Å². The predicted octanol–water partition coefficient (Wildman–Crippen LogP) is 3.35. The highest BCUT2D eigenvalue weighted by molar-refractivity contribution is 7.89. The van der Waals surface area contributed by atoms with Crippen molar-refractivity contribution >= 4 is 15.9 Å². The fourth-order valence-corrected chi connectivity index (χ4v) is 5.09. The molecule has 1 N–H and O–H groups in total. The molecule has 0 aliphatic heterocycles. The Kier molecular flexibility index (Phi) is 7.13. The molecule has 32 heavy (non-hydrogen) atoms. The first-order valence-corrected chi connectivity index (χ1v) is 12.6. The molecule has 2 aliphatic rings. The third kappa shape index (κ3) is 5.88. The Bertz CT molecular complexity index is 1010. The minimum Gasteiger partial charge on any atom is -0.491 e. The average Bonchev–Trinajstić information content (AvgIpc) is 3.71. The Morgan fingerprint density at radius 3 is 2.28 bits per heavy atom. The standard InChI is InChI=1S/C24H30N2O5S/c1-2-30-15-16-31-22-11-13-23(14-12-22)32(28,29)26(21-9-10-21)17-18-3-5-19(6-4-18)24(27)25-20-7-8-20/h3-6,11-14,20-21H,2,7-10,15-17H2,1H3,(H,25,27). The second-order valence-corrected chi connectivity index (χ2v) is 10.1. The summed E-state index contributed by atoms with van der Waals surface area (Å²) in [7, 11) is -3.64. The van der Waals surface area contributed by atoms with Gasteiger partial charge in [-0.05, 0) is 74.6 Å². The first-order valence-electron chi connectivity index (χ1n) is 11.2. The van der Waals surface area contributed by atoms with Crippen molar-refractivity contribution < 1.29 is 22.7 Å². The van der Waals surface area contributed by atoms with Gasteiger partial charge in [-0.2, -0.15) is 4.31 Å². The van der Waals surface area contributed by atoms with Crippen LogP contribution in [0.3, 0.4) is 0 Å². The second kappa shape index (κ2) is 10.0. The third-order valence-corrected chi connectivity index (χ3v) is 7.46. The molecule has 0 atom stereocenters. The molecule has 0 aromatic heterocycles. The molecular weight excluding hydrogens is 428 g/mol. The molecule has 0 radical (unpaired) electrons. The van der Waals surface area contributed by atoms with Gasteiger partial charge in [-0.1, -0.05) is 12.1 Å². The van der Waals surface area contributed by atoms with Crippen molar-refractivity contribution in [3.63, 3.8) is 0 Å². The maximum absolute atomic E-state index is 13.3. The fourth-order valence-electron chi connectivity index (χ4n) is 3.42. The molecule has 1 amide bonds. The zero-order chi connectivity index (χ0) is 22.6. The molecule has 2 fully saturated rings. The van der Waals surface area contributed by atoms with E-state index in [9.17, 15) is 13.2 Å². The van der Waals surface area contributed by atoms with E-state index in [1.165, 1.54) is 0 Å². The summed E-state index contributed by atoms with van der Waals surface area (Å²) in [6.07, 6.45) is 3.80. The van der Waals surface area contributed by atoms with Gasteiger partial charge in [0.25, 0.3) is 5.91 Å². The molecule has 0 bridgehead atoms. The van der Waals surface area contributed by atoms with Crippen LogP contribution in [0.5, 0.6) is 5.75 Å². The van der Waals surface area contributed by atoms with Gasteiger partial charge in [0, 0.05) is 30.8 Å². The van der Waals surface area contributed by atoms with E-state index in [0.717, 1.165) is 31.2 Å². The van der Waals surface area contributed by atoms with Gasteiger partial charge in [0.1, 0.15) is 12.4 Å². The highest BCUT2D eigenvalue weighted by atomic mass is 32.2. The zero-order valence-electron chi connectivity index (χ0n) is 18.3. The first kappa shape index (κ1) is 22.8. The summed E-state index contributed by atoms with van der Waals surface area (Å²) in [5.74, 6) is 0.538. The van der Waals surface area contributed by atoms with Crippen LogP contribution in [0.1, 0.15) is 48.5 Å². The van der Waals surface area contributed by atoms with Gasteiger partial charge in [-0.25, -0.2) is 8.42 Å². The summed E-state index contributed by atoms with van der Waals surface area (Å²) in [4.78, 5) is 12.4. The van der Waals surface area contributed by atoms with Crippen molar-refractivity contribution in [3.8, 4) is 5.75 Å². The Morgan fingerprint density at radius 2 is 1.69 bits per heavy atom. The molecule has 2 aromatic rings. The minimum atomic E-state index is -3.64. The summed E-state index contributed by atoms with van der Waals surface area (Å²) >= 11 is 0. The lowest BCUT2D eigenvalue weighted by Crippen LogP contribution is -2.32. The van der Waals surface area contributed by atoms with Crippen LogP contribution < -0.4 is 10.1 Å². The summed E-state index contributed by atoms with van der Waals surface area (Å²) < 4.78 is 39.1. The van der Waals surface area contributed by atoms with E-state index >= 15 is 0 Å². The number of nitrogens with one attached hydrogen (secondary N) is 1. The minimum absolute atomic E-state index is 0.0139. The van der Waals surface area contributed by atoms with E-state index in [-0.39, 0.29) is 23.4 Å². The number of amides is 1. The van der Waals surface area contributed by atoms with Gasteiger partial charge >= 0.3 is 0 Å². The van der Waals surface area contributed by atoms with E-state index < -0.39 is 10.0 Å². The highest BCUT2D eigenvalue weighted by Crippen LogP contribution is 2.34. The highest BCUT2D eigenvalue weighted by Gasteiger charge is 2.38. The van der Waals surface area contributed by atoms with E-state index in [0.29, 0.717) is 37.2 Å². The SMILES string of the molecule is CCOCCOc1ccc(S(=O)(=O)N(Cc2ccc(C(=O)NC3CC3)cc2)C2CC2)cc1. The van der Waals surface area contributed by atoms with Crippen LogP contribution in [-0.4, -0.2) is 50.5 Å². The molecule has 4 rings (SSSR count). The van der Waals surface area contributed by atoms with Gasteiger partial charge in [0.05, 0.1) is 11.5 Å². The van der Waals surface area contributed by atoms with Crippen molar-refractivity contribution in [2.24, 2.45) is 0 Å². The molecule has 2 aliphatic carbocycles. The number of sulfonamides is 1. The number of benzene rings is 2. The average molecular weight is 459 g/mol. The van der Waals surface area contributed by atoms with Gasteiger partial charge in [0.15, 0.2) is 0 Å². The lowest BCUT2D eigenvalue weighted by Gasteiger charge is -2.22. The molecule has 7 nitrogen and oxygen atoms in total. The van der Waals surface area contributed by atoms with Crippen LogP contribution in [-0.2, 0) is 21.3 Å². The largest absolute Gasteiger partial charge is 0.491 e. The smallest absolute Gasteiger partial charge is 0.251 e. The van der Waals surface area contributed by atoms with Crippen LogP contribution >= 0.6 is 0 Å². The van der Waals surface area contributed by atoms with E-state index in [4.69, 9.17) is 9.47 Å². The molecule has 8 heteroatoms. The van der Waals surface area contributed by atoms with Crippen LogP contribution in [0, 0.1) is 0 Å². The third-order valence-electron chi connectivity index (χ3n) is 5.55. The zero-order valence-corrected chi connectivity index (χ0v) is 19.1. The second-order valence-electron chi connectivity index (χ2n) is 8.24. The number of carbonyl (C=O) groups is 1. The summed E-state index contributed by atoms with van der Waals surface area (Å²) in [5, 5.41) is 2.97. The van der Waals surface area contributed by atoms with Crippen LogP contribution in [0.2, 0.25) is 0 Å². The Balaban J connectivity index is 1.42. The van der Waals surface area contributed by atoms with Crippen LogP contribution in [0.15, 0.2) is 53.4 Å². The topological polar surface area (TPSA) is 84.9 Å². The number of carbonyl (C=O) groups excluding carboxylic acids is 1. The van der Waals surface area contributed by atoms with Crippen LogP contribution in [0.4, 0.5) is 0 Å². The van der Waals surface area contributed by atoms with Gasteiger partial charge < -0.3 is 14.8 Å². The molecule has 0 saturated heterocycles. The van der Waals surface area contributed by atoms with Crippen molar-refractivity contribution in [3.05, 3.63) is 59.7 Å². The number of hydrogen-bond acceptors (Lipinski definition) is 5. The van der Waals surface area contributed by atoms with E-state index in [2.05, 4.69) is 5.32 Å². The molecular formula is C24H30N2O5S. The van der Waals surface area contributed by atoms with Gasteiger partial charge in [-0.15, -0.1) is 0 Å². The van der Waals surface area contributed by atoms with Crippen molar-refractivity contribution in [2.45, 2.75) is 56.1 Å². The van der Waals surface area contributed by atoms with Crippen LogP contribution in [0.25, 0.3) is 0 Å². The molecule has 172 valence electrons. The molecule has 2 aromatic carbocycles. The van der Waals surface area contributed by atoms with Crippen molar-refractivity contribution in [1.82, 2.24) is 9.62 Å². The fraction of sp³-hybridized carbons (Fsp3) is 0.458. The first-order chi connectivity index (χ1) is 15.5. The lowest BCUT2D eigenvalue weighted by molar-refractivity contribution is 0.0951. The van der Waals surface area contributed by atoms with E-state index in [1.807, 2.05) is 19.1 Å². The predicted molar refractivity (Wildman–Crippen MR) is 121 cm³/mol. The van der Waals surface area contributed by atoms with Crippen molar-refractivity contribution in [1.29, 1.82) is 0 Å². The quantitative estimate of drug-likeness (QED) is 0.493. The molecule has 0 spiro atoms. The maximum atomic E-state index is 13.3. The maximum Gasteiger partial charge on any atom is 0.251 e. The number of ether oxygens (including phenoxy) is 2. The van der Waals surface area contributed by atoms with Crippen molar-refractivity contribution in [2.75, 3.05) is 19.8 Å². The Hall–Kier alpha value is -2.42. The molecule has 2 saturated carbocycles. The van der Waals surface area contributed by atoms with Gasteiger partial charge in [0.2, 0.25) is 10.0 Å². The Morgan fingerprint density at radius 1 is 1.00 bits per heavy atom. The Labute approximate surface area is 189 Å². The summed E-state index contributed by atoms with van der Waals surface area (Å²) in [6, 6.07) is 14.0. The number of nitrogens with zero attached hydrogens (tertiary/aromatic N) is 1. The lowest BCUT2D eigenvalue weighted by atomic mass is 10.1. The normalized spacial score (nSPS) is 16.2.